The Morgan fingerprint density at radius 3 is 2.00 bits per heavy atom. The molecule has 0 fully saturated rings. The van der Waals surface area contributed by atoms with Crippen LogP contribution in [0.15, 0.2) is 12.1 Å². The quantitative estimate of drug-likeness (QED) is 0.582. The van der Waals surface area contributed by atoms with E-state index in [2.05, 4.69) is 5.48 Å². The normalized spacial score (nSPS) is 10.1. The average Bonchev–Trinajstić information content (AvgIpc) is 2.38. The van der Waals surface area contributed by atoms with Crippen molar-refractivity contribution in [3.8, 4) is 17.2 Å². The molecule has 1 aromatic carbocycles. The van der Waals surface area contributed by atoms with Crippen LogP contribution < -0.4 is 19.7 Å². The monoisotopic (exact) mass is 241 g/mol. The summed E-state index contributed by atoms with van der Waals surface area (Å²) >= 11 is 0. The molecule has 17 heavy (non-hydrogen) atoms. The van der Waals surface area contributed by atoms with E-state index in [9.17, 15) is 0 Å². The first-order valence-corrected chi connectivity index (χ1v) is 5.40. The van der Waals surface area contributed by atoms with Crippen LogP contribution in [0.5, 0.6) is 17.2 Å². The maximum absolute atomic E-state index is 5.31. The van der Waals surface area contributed by atoms with Crippen LogP contribution in [0.25, 0.3) is 0 Å². The summed E-state index contributed by atoms with van der Waals surface area (Å²) < 4.78 is 15.8. The molecule has 96 valence electrons. The van der Waals surface area contributed by atoms with E-state index in [-0.39, 0.29) is 0 Å². The molecule has 0 bridgehead atoms. The lowest BCUT2D eigenvalue weighted by Crippen LogP contribution is -2.15. The molecule has 0 spiro atoms. The van der Waals surface area contributed by atoms with Gasteiger partial charge in [-0.2, -0.15) is 5.48 Å². The number of rotatable bonds is 7. The van der Waals surface area contributed by atoms with Gasteiger partial charge >= 0.3 is 0 Å². The number of hydroxylamine groups is 1. The number of benzene rings is 1. The topological polar surface area (TPSA) is 49.0 Å². The molecule has 1 N–H and O–H groups in total. The number of nitrogens with one attached hydrogen (secondary N) is 1. The molecular formula is C12H19NO4. The fourth-order valence-corrected chi connectivity index (χ4v) is 1.48. The molecule has 0 saturated heterocycles. The maximum Gasteiger partial charge on any atom is 0.130 e. The Morgan fingerprint density at radius 1 is 1.00 bits per heavy atom. The molecule has 0 amide bonds. The molecule has 0 aliphatic heterocycles. The zero-order valence-corrected chi connectivity index (χ0v) is 10.7. The van der Waals surface area contributed by atoms with Gasteiger partial charge in [-0.05, 0) is 6.92 Å². The highest BCUT2D eigenvalue weighted by Crippen LogP contribution is 2.33. The van der Waals surface area contributed by atoms with Crippen LogP contribution in [0.4, 0.5) is 0 Å². The van der Waals surface area contributed by atoms with Crippen LogP contribution in [0.3, 0.4) is 0 Å². The summed E-state index contributed by atoms with van der Waals surface area (Å²) in [6.07, 6.45) is 0. The van der Waals surface area contributed by atoms with Crippen LogP contribution in [0.1, 0.15) is 12.5 Å². The van der Waals surface area contributed by atoms with Gasteiger partial charge in [-0.15, -0.1) is 0 Å². The van der Waals surface area contributed by atoms with Gasteiger partial charge in [-0.1, -0.05) is 0 Å². The molecule has 1 rings (SSSR count). The molecular weight excluding hydrogens is 222 g/mol. The molecule has 0 saturated carbocycles. The van der Waals surface area contributed by atoms with Crippen LogP contribution in [0, 0.1) is 0 Å². The van der Waals surface area contributed by atoms with Crippen LogP contribution in [0.2, 0.25) is 0 Å². The van der Waals surface area contributed by atoms with Gasteiger partial charge in [0.25, 0.3) is 0 Å². The highest BCUT2D eigenvalue weighted by atomic mass is 16.6. The zero-order valence-electron chi connectivity index (χ0n) is 10.7. The SMILES string of the molecule is CCONCc1c(OC)cc(OC)cc1OC. The maximum atomic E-state index is 5.31. The third-order valence-electron chi connectivity index (χ3n) is 2.31. The van der Waals surface area contributed by atoms with Crippen LogP contribution in [-0.4, -0.2) is 27.9 Å². The van der Waals surface area contributed by atoms with Gasteiger partial charge in [-0.3, -0.25) is 0 Å². The minimum absolute atomic E-state index is 0.504. The Labute approximate surface area is 102 Å². The van der Waals surface area contributed by atoms with Crippen LogP contribution >= 0.6 is 0 Å². The van der Waals surface area contributed by atoms with Gasteiger partial charge in [0.15, 0.2) is 0 Å². The van der Waals surface area contributed by atoms with Crippen molar-refractivity contribution in [2.45, 2.75) is 13.5 Å². The predicted molar refractivity (Wildman–Crippen MR) is 64.6 cm³/mol. The van der Waals surface area contributed by atoms with Gasteiger partial charge in [0.2, 0.25) is 0 Å². The molecule has 0 radical (unpaired) electrons. The van der Waals surface area contributed by atoms with Crippen molar-refractivity contribution < 1.29 is 19.0 Å². The zero-order chi connectivity index (χ0) is 12.7. The van der Waals surface area contributed by atoms with Gasteiger partial charge in [0.05, 0.1) is 40.0 Å². The average molecular weight is 241 g/mol. The van der Waals surface area contributed by atoms with Gasteiger partial charge < -0.3 is 19.0 Å². The molecule has 0 heterocycles. The second kappa shape index (κ2) is 6.98. The van der Waals surface area contributed by atoms with E-state index in [1.807, 2.05) is 19.1 Å². The minimum atomic E-state index is 0.504. The van der Waals surface area contributed by atoms with Crippen molar-refractivity contribution in [3.63, 3.8) is 0 Å². The Morgan fingerprint density at radius 2 is 1.59 bits per heavy atom. The van der Waals surface area contributed by atoms with Crippen molar-refractivity contribution in [1.29, 1.82) is 0 Å². The summed E-state index contributed by atoms with van der Waals surface area (Å²) in [7, 11) is 4.82. The summed E-state index contributed by atoms with van der Waals surface area (Å²) in [5, 5.41) is 0. The van der Waals surface area contributed by atoms with E-state index in [0.717, 1.165) is 5.56 Å². The van der Waals surface area contributed by atoms with Gasteiger partial charge in [0.1, 0.15) is 17.2 Å². The minimum Gasteiger partial charge on any atom is -0.496 e. The summed E-state index contributed by atoms with van der Waals surface area (Å²) in [4.78, 5) is 5.10. The van der Waals surface area contributed by atoms with Crippen LogP contribution in [-0.2, 0) is 11.4 Å². The molecule has 1 aromatic rings. The van der Waals surface area contributed by atoms with E-state index in [1.54, 1.807) is 21.3 Å². The second-order valence-electron chi connectivity index (χ2n) is 3.26. The molecule has 0 aliphatic carbocycles. The molecule has 5 nitrogen and oxygen atoms in total. The fraction of sp³-hybridized carbons (Fsp3) is 0.500. The van der Waals surface area contributed by atoms with Gasteiger partial charge in [0, 0.05) is 12.1 Å². The predicted octanol–water partition coefficient (Wildman–Crippen LogP) is 1.75. The van der Waals surface area contributed by atoms with Crippen molar-refractivity contribution >= 4 is 0 Å². The first-order chi connectivity index (χ1) is 8.26. The lowest BCUT2D eigenvalue weighted by molar-refractivity contribution is 0.0454. The largest absolute Gasteiger partial charge is 0.496 e. The molecule has 0 aromatic heterocycles. The van der Waals surface area contributed by atoms with E-state index in [0.29, 0.717) is 30.4 Å². The van der Waals surface area contributed by atoms with E-state index < -0.39 is 0 Å². The molecule has 5 heteroatoms. The van der Waals surface area contributed by atoms with Crippen molar-refractivity contribution in [3.05, 3.63) is 17.7 Å². The third-order valence-corrected chi connectivity index (χ3v) is 2.31. The highest BCUT2D eigenvalue weighted by Gasteiger charge is 2.12. The number of methoxy groups -OCH3 is 3. The van der Waals surface area contributed by atoms with E-state index in [1.165, 1.54) is 0 Å². The summed E-state index contributed by atoms with van der Waals surface area (Å²) in [6.45, 7) is 3.01. The van der Waals surface area contributed by atoms with Crippen molar-refractivity contribution in [2.75, 3.05) is 27.9 Å². The summed E-state index contributed by atoms with van der Waals surface area (Å²) in [5.74, 6) is 2.10. The smallest absolute Gasteiger partial charge is 0.130 e. The molecule has 0 atom stereocenters. The Balaban J connectivity index is 2.98. The summed E-state index contributed by atoms with van der Waals surface area (Å²) in [6, 6.07) is 3.62. The number of ether oxygens (including phenoxy) is 3. The Kier molecular flexibility index (Phi) is 5.59. The first-order valence-electron chi connectivity index (χ1n) is 5.40. The van der Waals surface area contributed by atoms with E-state index >= 15 is 0 Å². The van der Waals surface area contributed by atoms with E-state index in [4.69, 9.17) is 19.0 Å². The lowest BCUT2D eigenvalue weighted by Gasteiger charge is -2.15. The lowest BCUT2D eigenvalue weighted by atomic mass is 10.1. The number of hydrogen-bond donors (Lipinski definition) is 1. The van der Waals surface area contributed by atoms with Crippen molar-refractivity contribution in [2.24, 2.45) is 0 Å². The highest BCUT2D eigenvalue weighted by molar-refractivity contribution is 5.50. The third kappa shape index (κ3) is 3.51. The van der Waals surface area contributed by atoms with Gasteiger partial charge in [-0.25, -0.2) is 0 Å². The standard InChI is InChI=1S/C12H19NO4/c1-5-17-13-8-10-11(15-3)6-9(14-2)7-12(10)16-4/h6-7,13H,5,8H2,1-4H3. The second-order valence-corrected chi connectivity index (χ2v) is 3.26. The molecule has 0 aliphatic rings. The Bertz CT molecular complexity index is 329. The molecule has 0 unspecified atom stereocenters. The van der Waals surface area contributed by atoms with Crippen molar-refractivity contribution in [1.82, 2.24) is 5.48 Å². The fourth-order valence-electron chi connectivity index (χ4n) is 1.48. The first kappa shape index (κ1) is 13.6. The number of hydrogen-bond acceptors (Lipinski definition) is 5. The Hall–Kier alpha value is -1.46. The summed E-state index contributed by atoms with van der Waals surface area (Å²) in [5.41, 5.74) is 3.73.